The molecule has 10 heteroatoms. The molecule has 1 saturated heterocycles. The number of hydrogen-bond donors (Lipinski definition) is 4. The number of hydrogen-bond acceptors (Lipinski definition) is 5. The van der Waals surface area contributed by atoms with E-state index < -0.39 is 18.4 Å². The van der Waals surface area contributed by atoms with Crippen molar-refractivity contribution in [2.75, 3.05) is 18.4 Å². The van der Waals surface area contributed by atoms with E-state index in [1.54, 1.807) is 0 Å². The number of halogens is 2. The van der Waals surface area contributed by atoms with Gasteiger partial charge in [0, 0.05) is 6.04 Å². The second kappa shape index (κ2) is 8.58. The molecule has 1 fully saturated rings. The number of para-hydroxylation sites is 1. The Hall–Kier alpha value is -3.01. The molecule has 0 bridgehead atoms. The minimum absolute atomic E-state index is 0.0331. The van der Waals surface area contributed by atoms with E-state index in [0.717, 1.165) is 25.9 Å². The number of alkyl halides is 2. The predicted molar refractivity (Wildman–Crippen MR) is 93.0 cm³/mol. The summed E-state index contributed by atoms with van der Waals surface area (Å²) in [6.07, 6.45) is 2.89. The highest BCUT2D eigenvalue weighted by atomic mass is 19.3. The Bertz CT molecular complexity index is 805. The van der Waals surface area contributed by atoms with Gasteiger partial charge in [0.05, 0.1) is 17.4 Å². The molecule has 1 aliphatic heterocycles. The van der Waals surface area contributed by atoms with Gasteiger partial charge in [-0.3, -0.25) is 14.7 Å². The molecule has 144 valence electrons. The van der Waals surface area contributed by atoms with Crippen molar-refractivity contribution >= 4 is 17.5 Å². The van der Waals surface area contributed by atoms with Crippen molar-refractivity contribution < 1.29 is 23.1 Å². The molecule has 27 heavy (non-hydrogen) atoms. The number of nitrogens with one attached hydrogen (secondary N) is 4. The third kappa shape index (κ3) is 4.79. The normalized spacial score (nSPS) is 14.8. The van der Waals surface area contributed by atoms with Crippen LogP contribution in [0.25, 0.3) is 0 Å². The van der Waals surface area contributed by atoms with Gasteiger partial charge in [-0.2, -0.15) is 13.9 Å². The smallest absolute Gasteiger partial charge is 0.387 e. The van der Waals surface area contributed by atoms with Crippen LogP contribution in [0.15, 0.2) is 30.5 Å². The van der Waals surface area contributed by atoms with E-state index in [9.17, 15) is 18.4 Å². The SMILES string of the molecule is O=C(Nc1cn[nH]c1C(=O)NC1CCNCC1)c1ccccc1OC(F)F. The second-order valence-corrected chi connectivity index (χ2v) is 5.99. The van der Waals surface area contributed by atoms with Crippen LogP contribution in [0.1, 0.15) is 33.7 Å². The summed E-state index contributed by atoms with van der Waals surface area (Å²) < 4.78 is 29.4. The van der Waals surface area contributed by atoms with Crippen molar-refractivity contribution in [2.24, 2.45) is 0 Å². The lowest BCUT2D eigenvalue weighted by atomic mass is 10.1. The van der Waals surface area contributed by atoms with Crippen LogP contribution in [-0.4, -0.2) is 47.8 Å². The molecular formula is C17H19F2N5O3. The first kappa shape index (κ1) is 18.8. The number of rotatable bonds is 6. The lowest BCUT2D eigenvalue weighted by molar-refractivity contribution is -0.0501. The standard InChI is InChI=1S/C17H19F2N5O3/c18-17(19)27-13-4-2-1-3-11(13)15(25)23-12-9-21-24-14(12)16(26)22-10-5-7-20-8-6-10/h1-4,9-10,17,20H,5-8H2,(H,21,24)(H,22,26)(H,23,25). The Labute approximate surface area is 153 Å². The molecule has 1 aliphatic rings. The van der Waals surface area contributed by atoms with Gasteiger partial charge in [-0.1, -0.05) is 12.1 Å². The second-order valence-electron chi connectivity index (χ2n) is 5.99. The van der Waals surface area contributed by atoms with Crippen LogP contribution in [0.2, 0.25) is 0 Å². The number of anilines is 1. The Morgan fingerprint density at radius 3 is 2.67 bits per heavy atom. The zero-order valence-electron chi connectivity index (χ0n) is 14.3. The maximum Gasteiger partial charge on any atom is 0.387 e. The maximum atomic E-state index is 12.5. The van der Waals surface area contributed by atoms with Crippen molar-refractivity contribution in [1.82, 2.24) is 20.8 Å². The molecule has 8 nitrogen and oxygen atoms in total. The van der Waals surface area contributed by atoms with Gasteiger partial charge in [-0.15, -0.1) is 0 Å². The molecule has 3 rings (SSSR count). The summed E-state index contributed by atoms with van der Waals surface area (Å²) in [5.41, 5.74) is 0.163. The number of piperidine rings is 1. The molecule has 0 saturated carbocycles. The first-order valence-electron chi connectivity index (χ1n) is 8.44. The predicted octanol–water partition coefficient (Wildman–Crippen LogP) is 1.75. The third-order valence-electron chi connectivity index (χ3n) is 4.14. The highest BCUT2D eigenvalue weighted by Crippen LogP contribution is 2.22. The number of carbonyl (C=O) groups excluding carboxylic acids is 2. The fourth-order valence-corrected chi connectivity index (χ4v) is 2.82. The number of nitrogens with zero attached hydrogens (tertiary/aromatic N) is 1. The number of benzene rings is 1. The topological polar surface area (TPSA) is 108 Å². The van der Waals surface area contributed by atoms with E-state index in [4.69, 9.17) is 0 Å². The fourth-order valence-electron chi connectivity index (χ4n) is 2.82. The monoisotopic (exact) mass is 379 g/mol. The van der Waals surface area contributed by atoms with Crippen LogP contribution < -0.4 is 20.7 Å². The van der Waals surface area contributed by atoms with Gasteiger partial charge in [-0.05, 0) is 38.1 Å². The Kier molecular flexibility index (Phi) is 5.97. The summed E-state index contributed by atoms with van der Waals surface area (Å²) in [7, 11) is 0. The van der Waals surface area contributed by atoms with Crippen LogP contribution in [0.5, 0.6) is 5.75 Å². The summed E-state index contributed by atoms with van der Waals surface area (Å²) >= 11 is 0. The van der Waals surface area contributed by atoms with Crippen LogP contribution >= 0.6 is 0 Å². The number of H-pyrrole nitrogens is 1. The molecule has 0 aliphatic carbocycles. The van der Waals surface area contributed by atoms with Gasteiger partial charge >= 0.3 is 6.61 Å². The van der Waals surface area contributed by atoms with Crippen LogP contribution in [0.4, 0.5) is 14.5 Å². The third-order valence-corrected chi connectivity index (χ3v) is 4.14. The maximum absolute atomic E-state index is 12.5. The largest absolute Gasteiger partial charge is 0.434 e. The zero-order valence-corrected chi connectivity index (χ0v) is 14.3. The number of aromatic nitrogens is 2. The van der Waals surface area contributed by atoms with E-state index in [1.807, 2.05) is 0 Å². The van der Waals surface area contributed by atoms with Crippen molar-refractivity contribution in [2.45, 2.75) is 25.5 Å². The molecule has 0 unspecified atom stereocenters. The average molecular weight is 379 g/mol. The van der Waals surface area contributed by atoms with Crippen LogP contribution in [0, 0.1) is 0 Å². The lowest BCUT2D eigenvalue weighted by Crippen LogP contribution is -2.43. The van der Waals surface area contributed by atoms with Gasteiger partial charge in [0.25, 0.3) is 11.8 Å². The highest BCUT2D eigenvalue weighted by molar-refractivity contribution is 6.09. The fraction of sp³-hybridized carbons (Fsp3) is 0.353. The van der Waals surface area contributed by atoms with E-state index in [1.165, 1.54) is 30.5 Å². The first-order valence-corrected chi connectivity index (χ1v) is 8.44. The minimum Gasteiger partial charge on any atom is -0.434 e. The molecule has 1 aromatic carbocycles. The number of ether oxygens (including phenoxy) is 1. The van der Waals surface area contributed by atoms with Crippen molar-refractivity contribution in [3.8, 4) is 5.75 Å². The van der Waals surface area contributed by atoms with Crippen molar-refractivity contribution in [1.29, 1.82) is 0 Å². The molecule has 2 amide bonds. The Morgan fingerprint density at radius 2 is 1.93 bits per heavy atom. The number of amides is 2. The van der Waals surface area contributed by atoms with Gasteiger partial charge in [0.15, 0.2) is 0 Å². The van der Waals surface area contributed by atoms with Crippen LogP contribution in [0.3, 0.4) is 0 Å². The summed E-state index contributed by atoms with van der Waals surface area (Å²) in [4.78, 5) is 24.9. The summed E-state index contributed by atoms with van der Waals surface area (Å²) in [6, 6.07) is 5.64. The minimum atomic E-state index is -3.06. The number of carbonyl (C=O) groups is 2. The van der Waals surface area contributed by atoms with Gasteiger partial charge in [-0.25, -0.2) is 0 Å². The quantitative estimate of drug-likeness (QED) is 0.612. The average Bonchev–Trinajstić information content (AvgIpc) is 3.10. The van der Waals surface area contributed by atoms with Crippen molar-refractivity contribution in [3.63, 3.8) is 0 Å². The first-order chi connectivity index (χ1) is 13.0. The molecule has 0 spiro atoms. The van der Waals surface area contributed by atoms with E-state index >= 15 is 0 Å². The molecule has 2 aromatic rings. The Morgan fingerprint density at radius 1 is 1.19 bits per heavy atom. The molecule has 1 aromatic heterocycles. The van der Waals surface area contributed by atoms with Crippen molar-refractivity contribution in [3.05, 3.63) is 41.7 Å². The summed E-state index contributed by atoms with van der Waals surface area (Å²) in [6.45, 7) is -1.42. The molecule has 4 N–H and O–H groups in total. The number of aromatic amines is 1. The van der Waals surface area contributed by atoms with E-state index in [-0.39, 0.29) is 28.7 Å². The van der Waals surface area contributed by atoms with Gasteiger partial charge in [0.2, 0.25) is 0 Å². The van der Waals surface area contributed by atoms with Gasteiger partial charge in [0.1, 0.15) is 11.4 Å². The van der Waals surface area contributed by atoms with Crippen LogP contribution in [-0.2, 0) is 0 Å². The molecule has 2 heterocycles. The molecule has 0 radical (unpaired) electrons. The summed E-state index contributed by atoms with van der Waals surface area (Å²) in [5, 5.41) is 14.9. The lowest BCUT2D eigenvalue weighted by Gasteiger charge is -2.23. The highest BCUT2D eigenvalue weighted by Gasteiger charge is 2.22. The molecular weight excluding hydrogens is 360 g/mol. The summed E-state index contributed by atoms with van der Waals surface area (Å²) in [5.74, 6) is -1.34. The van der Waals surface area contributed by atoms with E-state index in [0.29, 0.717) is 0 Å². The zero-order chi connectivity index (χ0) is 19.2. The molecule has 0 atom stereocenters. The van der Waals surface area contributed by atoms with Gasteiger partial charge < -0.3 is 20.7 Å². The Balaban J connectivity index is 1.71. The van der Waals surface area contributed by atoms with E-state index in [2.05, 4.69) is 30.9 Å².